The summed E-state index contributed by atoms with van der Waals surface area (Å²) < 4.78 is 40.5. The number of ether oxygens (including phenoxy) is 3. The summed E-state index contributed by atoms with van der Waals surface area (Å²) in [5.41, 5.74) is 0.351. The summed E-state index contributed by atoms with van der Waals surface area (Å²) in [6, 6.07) is 10.7. The average Bonchev–Trinajstić information content (AvgIpc) is 2.73. The number of carbonyl (C=O) groups is 2. The van der Waals surface area contributed by atoms with Crippen molar-refractivity contribution in [3.05, 3.63) is 48.0 Å². The van der Waals surface area contributed by atoms with E-state index in [9.17, 15) is 18.0 Å². The topological polar surface area (TPSA) is 108 Å². The molecule has 1 aliphatic rings. The van der Waals surface area contributed by atoms with Crippen LogP contribution in [0.3, 0.4) is 0 Å². The highest BCUT2D eigenvalue weighted by atomic mass is 32.2. The summed E-state index contributed by atoms with van der Waals surface area (Å²) in [6.07, 6.45) is -1.15. The Morgan fingerprint density at radius 2 is 1.79 bits per heavy atom. The van der Waals surface area contributed by atoms with Crippen LogP contribution in [0.1, 0.15) is 24.2 Å². The van der Waals surface area contributed by atoms with Gasteiger partial charge in [-0.3, -0.25) is 4.79 Å². The van der Waals surface area contributed by atoms with E-state index in [1.807, 2.05) is 0 Å². The van der Waals surface area contributed by atoms with Crippen LogP contribution in [-0.2, 0) is 19.4 Å². The fourth-order valence-electron chi connectivity index (χ4n) is 2.70. The first-order chi connectivity index (χ1) is 13.8. The zero-order valence-corrected chi connectivity index (χ0v) is 16.8. The van der Waals surface area contributed by atoms with E-state index in [2.05, 4.69) is 5.32 Å². The van der Waals surface area contributed by atoms with Crippen LogP contribution >= 0.6 is 0 Å². The predicted octanol–water partition coefficient (Wildman–Crippen LogP) is 2.44. The molecule has 9 heteroatoms. The first-order valence-electron chi connectivity index (χ1n) is 9.05. The fraction of sp³-hybridized carbons (Fsp3) is 0.300. The van der Waals surface area contributed by atoms with Crippen LogP contribution in [0.25, 0.3) is 0 Å². The lowest BCUT2D eigenvalue weighted by molar-refractivity contribution is -0.123. The molecule has 0 radical (unpaired) electrons. The van der Waals surface area contributed by atoms with E-state index in [-0.39, 0.29) is 16.2 Å². The number of esters is 1. The Morgan fingerprint density at radius 3 is 2.52 bits per heavy atom. The zero-order valence-electron chi connectivity index (χ0n) is 16.0. The second kappa shape index (κ2) is 8.52. The Morgan fingerprint density at radius 1 is 1.10 bits per heavy atom. The van der Waals surface area contributed by atoms with Gasteiger partial charge in [-0.05, 0) is 31.2 Å². The lowest BCUT2D eigenvalue weighted by Crippen LogP contribution is -2.30. The maximum absolute atomic E-state index is 12.5. The Labute approximate surface area is 168 Å². The number of amides is 1. The third-order valence-electron chi connectivity index (χ3n) is 4.28. The lowest BCUT2D eigenvalue weighted by Gasteiger charge is -2.19. The van der Waals surface area contributed by atoms with Crippen LogP contribution in [0.15, 0.2) is 47.4 Å². The molecule has 0 aliphatic carbocycles. The van der Waals surface area contributed by atoms with Crippen molar-refractivity contribution >= 4 is 27.4 Å². The Hall–Kier alpha value is -3.07. The largest absolute Gasteiger partial charge is 0.486 e. The van der Waals surface area contributed by atoms with Gasteiger partial charge in [0.25, 0.3) is 5.91 Å². The summed E-state index contributed by atoms with van der Waals surface area (Å²) in [5.74, 6) is -0.509. The number of hydrogen-bond donors (Lipinski definition) is 1. The van der Waals surface area contributed by atoms with Crippen LogP contribution < -0.4 is 14.8 Å². The number of benzene rings is 2. The molecular formula is C20H21NO7S. The van der Waals surface area contributed by atoms with Crippen molar-refractivity contribution in [3.8, 4) is 11.5 Å². The van der Waals surface area contributed by atoms with E-state index in [0.717, 1.165) is 0 Å². The molecule has 0 spiro atoms. The molecular weight excluding hydrogens is 398 g/mol. The Balaban J connectivity index is 1.70. The van der Waals surface area contributed by atoms with Crippen molar-refractivity contribution in [2.45, 2.75) is 24.8 Å². The molecule has 29 heavy (non-hydrogen) atoms. The van der Waals surface area contributed by atoms with Gasteiger partial charge in [0.05, 0.1) is 16.2 Å². The summed E-state index contributed by atoms with van der Waals surface area (Å²) in [5, 5.41) is 2.63. The van der Waals surface area contributed by atoms with Gasteiger partial charge in [0, 0.05) is 11.8 Å². The Kier molecular flexibility index (Phi) is 6.07. The highest BCUT2D eigenvalue weighted by molar-refractivity contribution is 7.91. The van der Waals surface area contributed by atoms with Crippen LogP contribution in [0.2, 0.25) is 0 Å². The number of nitrogens with one attached hydrogen (secondary N) is 1. The molecule has 1 N–H and O–H groups in total. The zero-order chi connectivity index (χ0) is 21.0. The lowest BCUT2D eigenvalue weighted by atomic mass is 10.2. The predicted molar refractivity (Wildman–Crippen MR) is 105 cm³/mol. The molecule has 0 fully saturated rings. The SMILES string of the molecule is CCS(=O)(=O)c1ccccc1C(=O)O[C@H](C)C(=O)Nc1ccc2c(c1)OCCO2. The minimum atomic E-state index is -3.61. The highest BCUT2D eigenvalue weighted by Crippen LogP contribution is 2.32. The fourth-order valence-corrected chi connectivity index (χ4v) is 3.79. The number of sulfone groups is 1. The second-order valence-electron chi connectivity index (χ2n) is 6.29. The van der Waals surface area contributed by atoms with Gasteiger partial charge in [-0.25, -0.2) is 13.2 Å². The van der Waals surface area contributed by atoms with Crippen molar-refractivity contribution in [1.82, 2.24) is 0 Å². The first kappa shape index (κ1) is 20.7. The maximum Gasteiger partial charge on any atom is 0.340 e. The van der Waals surface area contributed by atoms with Crippen molar-refractivity contribution in [2.75, 3.05) is 24.3 Å². The molecule has 0 saturated carbocycles. The molecule has 2 aromatic carbocycles. The Bertz CT molecular complexity index is 1030. The monoisotopic (exact) mass is 419 g/mol. The minimum absolute atomic E-state index is 0.103. The molecule has 0 bridgehead atoms. The number of fused-ring (bicyclic) bond motifs is 1. The molecule has 154 valence electrons. The van der Waals surface area contributed by atoms with E-state index < -0.39 is 27.8 Å². The number of carbonyl (C=O) groups excluding carboxylic acids is 2. The van der Waals surface area contributed by atoms with Gasteiger partial charge in [-0.15, -0.1) is 0 Å². The third-order valence-corrected chi connectivity index (χ3v) is 6.07. The normalized spacial score (nSPS) is 14.0. The van der Waals surface area contributed by atoms with Gasteiger partial charge in [-0.2, -0.15) is 0 Å². The van der Waals surface area contributed by atoms with E-state index in [0.29, 0.717) is 30.4 Å². The molecule has 8 nitrogen and oxygen atoms in total. The smallest absolute Gasteiger partial charge is 0.340 e. The molecule has 1 atom stereocenters. The van der Waals surface area contributed by atoms with E-state index >= 15 is 0 Å². The van der Waals surface area contributed by atoms with Gasteiger partial charge >= 0.3 is 5.97 Å². The third kappa shape index (κ3) is 4.68. The number of hydrogen-bond acceptors (Lipinski definition) is 7. The first-order valence-corrected chi connectivity index (χ1v) is 10.7. The summed E-state index contributed by atoms with van der Waals surface area (Å²) >= 11 is 0. The standard InChI is InChI=1S/C20H21NO7S/c1-3-29(24,25)18-7-5-4-6-15(18)20(23)28-13(2)19(22)21-14-8-9-16-17(12-14)27-11-10-26-16/h4-9,12-13H,3,10-11H2,1-2H3,(H,21,22)/t13-/m1/s1. The summed E-state index contributed by atoms with van der Waals surface area (Å²) in [7, 11) is -3.61. The van der Waals surface area contributed by atoms with Gasteiger partial charge in [-0.1, -0.05) is 19.1 Å². The molecule has 2 aromatic rings. The van der Waals surface area contributed by atoms with Gasteiger partial charge < -0.3 is 19.5 Å². The second-order valence-corrected chi connectivity index (χ2v) is 8.54. The maximum atomic E-state index is 12.5. The van der Waals surface area contributed by atoms with E-state index in [1.165, 1.54) is 38.1 Å². The van der Waals surface area contributed by atoms with Crippen LogP contribution in [-0.4, -0.2) is 45.4 Å². The molecule has 0 saturated heterocycles. The molecule has 1 amide bonds. The van der Waals surface area contributed by atoms with E-state index in [1.54, 1.807) is 18.2 Å². The van der Waals surface area contributed by atoms with Crippen LogP contribution in [0.4, 0.5) is 5.69 Å². The molecule has 0 aromatic heterocycles. The van der Waals surface area contributed by atoms with Crippen LogP contribution in [0.5, 0.6) is 11.5 Å². The number of anilines is 1. The van der Waals surface area contributed by atoms with Crippen molar-refractivity contribution < 1.29 is 32.2 Å². The van der Waals surface area contributed by atoms with Crippen molar-refractivity contribution in [2.24, 2.45) is 0 Å². The highest BCUT2D eigenvalue weighted by Gasteiger charge is 2.25. The van der Waals surface area contributed by atoms with E-state index in [4.69, 9.17) is 14.2 Å². The minimum Gasteiger partial charge on any atom is -0.486 e. The summed E-state index contributed by atoms with van der Waals surface area (Å²) in [4.78, 5) is 24.8. The quantitative estimate of drug-likeness (QED) is 0.717. The van der Waals surface area contributed by atoms with Gasteiger partial charge in [0.15, 0.2) is 27.4 Å². The summed E-state index contributed by atoms with van der Waals surface area (Å²) in [6.45, 7) is 3.77. The molecule has 1 heterocycles. The average molecular weight is 419 g/mol. The van der Waals surface area contributed by atoms with Gasteiger partial charge in [0.2, 0.25) is 0 Å². The molecule has 0 unspecified atom stereocenters. The van der Waals surface area contributed by atoms with Crippen LogP contribution in [0, 0.1) is 0 Å². The van der Waals surface area contributed by atoms with Gasteiger partial charge in [0.1, 0.15) is 13.2 Å². The molecule has 1 aliphatic heterocycles. The molecule has 3 rings (SSSR count). The van der Waals surface area contributed by atoms with Crippen molar-refractivity contribution in [1.29, 1.82) is 0 Å². The van der Waals surface area contributed by atoms with Crippen molar-refractivity contribution in [3.63, 3.8) is 0 Å². The number of rotatable bonds is 6.